The molecule has 122 valence electrons. The zero-order chi connectivity index (χ0) is 17.0. The number of hydrogen-bond acceptors (Lipinski definition) is 1. The molecule has 0 heterocycles. The van der Waals surface area contributed by atoms with Gasteiger partial charge in [0.1, 0.15) is 6.54 Å². The van der Waals surface area contributed by atoms with Gasteiger partial charge < -0.3 is 10.2 Å². The van der Waals surface area contributed by atoms with Crippen molar-refractivity contribution in [2.24, 2.45) is 0 Å². The van der Waals surface area contributed by atoms with Gasteiger partial charge in [-0.1, -0.05) is 53.0 Å². The van der Waals surface area contributed by atoms with Gasteiger partial charge in [0.25, 0.3) is 5.91 Å². The van der Waals surface area contributed by atoms with E-state index in [-0.39, 0.29) is 11.9 Å². The highest BCUT2D eigenvalue weighted by Gasteiger charge is 2.22. The van der Waals surface area contributed by atoms with E-state index in [1.807, 2.05) is 14.0 Å². The largest absolute Gasteiger partial charge is 0.324 e. The first-order chi connectivity index (χ1) is 10.9. The van der Waals surface area contributed by atoms with E-state index in [2.05, 4.69) is 36.5 Å². The molecule has 0 saturated carbocycles. The summed E-state index contributed by atoms with van der Waals surface area (Å²) in [5.74, 6) is -0.0845. The highest BCUT2D eigenvalue weighted by molar-refractivity contribution is 6.35. The van der Waals surface area contributed by atoms with Crippen LogP contribution in [0.15, 0.2) is 42.5 Å². The Morgan fingerprint density at radius 3 is 2.48 bits per heavy atom. The van der Waals surface area contributed by atoms with Crippen LogP contribution in [-0.4, -0.2) is 19.0 Å². The van der Waals surface area contributed by atoms with Gasteiger partial charge in [0, 0.05) is 10.6 Å². The Balaban J connectivity index is 2.00. The summed E-state index contributed by atoms with van der Waals surface area (Å²) in [5, 5.41) is 3.87. The molecule has 5 heteroatoms. The smallest absolute Gasteiger partial charge is 0.282 e. The average molecular weight is 352 g/mol. The van der Waals surface area contributed by atoms with Gasteiger partial charge in [-0.25, -0.2) is 0 Å². The van der Waals surface area contributed by atoms with E-state index >= 15 is 0 Å². The number of amides is 1. The van der Waals surface area contributed by atoms with Crippen molar-refractivity contribution in [2.45, 2.75) is 26.4 Å². The van der Waals surface area contributed by atoms with Crippen LogP contribution in [-0.2, 0) is 11.3 Å². The van der Waals surface area contributed by atoms with Crippen LogP contribution in [0.2, 0.25) is 10.0 Å². The van der Waals surface area contributed by atoms with Crippen molar-refractivity contribution in [2.75, 3.05) is 12.4 Å². The molecule has 0 aromatic heterocycles. The Bertz CT molecular complexity index is 686. The van der Waals surface area contributed by atoms with Gasteiger partial charge in [-0.05, 0) is 32.0 Å². The summed E-state index contributed by atoms with van der Waals surface area (Å²) < 4.78 is 0. The van der Waals surface area contributed by atoms with Crippen LogP contribution < -0.4 is 10.2 Å². The van der Waals surface area contributed by atoms with E-state index in [0.717, 1.165) is 11.4 Å². The second-order valence-electron chi connectivity index (χ2n) is 5.84. The molecule has 0 fully saturated rings. The van der Waals surface area contributed by atoms with Crippen molar-refractivity contribution in [3.05, 3.63) is 63.6 Å². The number of nitrogens with one attached hydrogen (secondary N) is 2. The fraction of sp³-hybridized carbons (Fsp3) is 0.278. The molecule has 0 bridgehead atoms. The summed E-state index contributed by atoms with van der Waals surface area (Å²) in [4.78, 5) is 13.5. The molecule has 2 aromatic rings. The van der Waals surface area contributed by atoms with E-state index in [0.29, 0.717) is 15.7 Å². The molecule has 2 atom stereocenters. The third kappa shape index (κ3) is 4.96. The van der Waals surface area contributed by atoms with Crippen LogP contribution in [0.3, 0.4) is 0 Å². The number of quaternary nitrogens is 1. The second kappa shape index (κ2) is 7.82. The fourth-order valence-electron chi connectivity index (χ4n) is 2.24. The molecule has 1 unspecified atom stereocenters. The number of aryl methyl sites for hydroxylation is 1. The molecule has 0 radical (unpaired) electrons. The van der Waals surface area contributed by atoms with E-state index in [1.54, 1.807) is 18.2 Å². The van der Waals surface area contributed by atoms with Gasteiger partial charge >= 0.3 is 0 Å². The van der Waals surface area contributed by atoms with Crippen LogP contribution in [0.4, 0.5) is 5.69 Å². The van der Waals surface area contributed by atoms with Crippen molar-refractivity contribution >= 4 is 34.8 Å². The minimum Gasteiger partial charge on any atom is -0.324 e. The fourth-order valence-corrected chi connectivity index (χ4v) is 2.58. The lowest BCUT2D eigenvalue weighted by Gasteiger charge is -2.21. The van der Waals surface area contributed by atoms with E-state index < -0.39 is 0 Å². The molecule has 3 nitrogen and oxygen atoms in total. The number of benzene rings is 2. The van der Waals surface area contributed by atoms with E-state index in [1.165, 1.54) is 11.1 Å². The maximum Gasteiger partial charge on any atom is 0.282 e. The molecule has 0 saturated heterocycles. The summed E-state index contributed by atoms with van der Waals surface area (Å²) in [5.41, 5.74) is 2.97. The van der Waals surface area contributed by atoms with Gasteiger partial charge in [-0.3, -0.25) is 4.79 Å². The monoisotopic (exact) mass is 351 g/mol. The van der Waals surface area contributed by atoms with E-state index in [4.69, 9.17) is 23.2 Å². The quantitative estimate of drug-likeness (QED) is 0.850. The molecule has 0 spiro atoms. The van der Waals surface area contributed by atoms with Gasteiger partial charge in [0.2, 0.25) is 0 Å². The normalized spacial score (nSPS) is 13.4. The number of carbonyl (C=O) groups is 1. The SMILES string of the molecule is Cc1ccc(C[NH+](C)[C@H](C)C(=O)Nc2cc(Cl)ccc2Cl)cc1. The van der Waals surface area contributed by atoms with Gasteiger partial charge in [-0.15, -0.1) is 0 Å². The minimum atomic E-state index is -0.216. The van der Waals surface area contributed by atoms with Crippen molar-refractivity contribution in [3.8, 4) is 0 Å². The van der Waals surface area contributed by atoms with Gasteiger partial charge in [0.05, 0.1) is 17.8 Å². The number of carbonyl (C=O) groups excluding carboxylic acids is 1. The number of hydrogen-bond donors (Lipinski definition) is 2. The summed E-state index contributed by atoms with van der Waals surface area (Å²) >= 11 is 12.0. The van der Waals surface area contributed by atoms with Crippen LogP contribution in [0.1, 0.15) is 18.1 Å². The third-order valence-corrected chi connectivity index (χ3v) is 4.49. The minimum absolute atomic E-state index is 0.0845. The summed E-state index contributed by atoms with van der Waals surface area (Å²) in [6.45, 7) is 4.74. The first-order valence-electron chi connectivity index (χ1n) is 7.50. The number of rotatable bonds is 5. The Hall–Kier alpha value is -1.55. The topological polar surface area (TPSA) is 33.5 Å². The average Bonchev–Trinajstić information content (AvgIpc) is 2.52. The third-order valence-electron chi connectivity index (χ3n) is 3.92. The predicted octanol–water partition coefficient (Wildman–Crippen LogP) is 3.34. The molecule has 0 aliphatic heterocycles. The zero-order valence-electron chi connectivity index (χ0n) is 13.5. The highest BCUT2D eigenvalue weighted by atomic mass is 35.5. The lowest BCUT2D eigenvalue weighted by molar-refractivity contribution is -0.907. The second-order valence-corrected chi connectivity index (χ2v) is 6.69. The summed E-state index contributed by atoms with van der Waals surface area (Å²) in [6.07, 6.45) is 0. The standard InChI is InChI=1S/C18H20Cl2N2O/c1-12-4-6-14(7-5-12)11-22(3)13(2)18(23)21-17-10-15(19)8-9-16(17)20/h4-10,13H,11H2,1-3H3,(H,21,23)/p+1/t13-/m1/s1. The molecular weight excluding hydrogens is 331 g/mol. The number of likely N-dealkylation sites (N-methyl/N-ethyl adjacent to an activating group) is 1. The molecule has 0 aliphatic carbocycles. The maximum atomic E-state index is 12.4. The Labute approximate surface area is 147 Å². The molecule has 0 aliphatic rings. The first kappa shape index (κ1) is 17.8. The van der Waals surface area contributed by atoms with Gasteiger partial charge in [0.15, 0.2) is 6.04 Å². The van der Waals surface area contributed by atoms with Crippen LogP contribution in [0, 0.1) is 6.92 Å². The Morgan fingerprint density at radius 2 is 1.83 bits per heavy atom. The highest BCUT2D eigenvalue weighted by Crippen LogP contribution is 2.25. The Kier molecular flexibility index (Phi) is 6.05. The summed E-state index contributed by atoms with van der Waals surface area (Å²) in [6, 6.07) is 13.2. The first-order valence-corrected chi connectivity index (χ1v) is 8.26. The molecular formula is C18H21Cl2N2O+. The maximum absolute atomic E-state index is 12.4. The zero-order valence-corrected chi connectivity index (χ0v) is 15.0. The van der Waals surface area contributed by atoms with Gasteiger partial charge in [-0.2, -0.15) is 0 Å². The van der Waals surface area contributed by atoms with Crippen LogP contribution in [0.25, 0.3) is 0 Å². The number of halogens is 2. The molecule has 1 amide bonds. The van der Waals surface area contributed by atoms with Crippen molar-refractivity contribution in [1.82, 2.24) is 0 Å². The lowest BCUT2D eigenvalue weighted by Crippen LogP contribution is -3.12. The predicted molar refractivity (Wildman–Crippen MR) is 96.3 cm³/mol. The van der Waals surface area contributed by atoms with E-state index in [9.17, 15) is 4.79 Å². The number of anilines is 1. The van der Waals surface area contributed by atoms with Crippen LogP contribution >= 0.6 is 23.2 Å². The lowest BCUT2D eigenvalue weighted by atomic mass is 10.1. The molecule has 2 aromatic carbocycles. The molecule has 2 rings (SSSR count). The van der Waals surface area contributed by atoms with Crippen molar-refractivity contribution in [1.29, 1.82) is 0 Å². The molecule has 23 heavy (non-hydrogen) atoms. The summed E-state index contributed by atoms with van der Waals surface area (Å²) in [7, 11) is 2.00. The molecule has 2 N–H and O–H groups in total. The Morgan fingerprint density at radius 1 is 1.17 bits per heavy atom. The van der Waals surface area contributed by atoms with Crippen molar-refractivity contribution < 1.29 is 9.69 Å². The van der Waals surface area contributed by atoms with Crippen LogP contribution in [0.5, 0.6) is 0 Å². The van der Waals surface area contributed by atoms with Crippen molar-refractivity contribution in [3.63, 3.8) is 0 Å².